The van der Waals surface area contributed by atoms with Crippen LogP contribution in [0.1, 0.15) is 32.6 Å². The summed E-state index contributed by atoms with van der Waals surface area (Å²) < 4.78 is 16.3. The van der Waals surface area contributed by atoms with E-state index < -0.39 is 0 Å². The highest BCUT2D eigenvalue weighted by molar-refractivity contribution is 6.13. The van der Waals surface area contributed by atoms with E-state index in [0.29, 0.717) is 22.8 Å². The summed E-state index contributed by atoms with van der Waals surface area (Å²) in [4.78, 5) is 15.7. The molecule has 0 bridgehead atoms. The van der Waals surface area contributed by atoms with Gasteiger partial charge in [0.15, 0.2) is 11.5 Å². The van der Waals surface area contributed by atoms with Gasteiger partial charge in [0.25, 0.3) is 5.91 Å². The highest BCUT2D eigenvalue weighted by atomic mass is 16.5. The van der Waals surface area contributed by atoms with Crippen LogP contribution in [-0.2, 0) is 6.42 Å². The van der Waals surface area contributed by atoms with Crippen molar-refractivity contribution in [3.05, 3.63) is 76.3 Å². The number of aryl methyl sites for hydroxylation is 2. The molecule has 1 heterocycles. The number of carbonyl (C=O) groups is 1. The molecule has 4 rings (SSSR count). The van der Waals surface area contributed by atoms with Gasteiger partial charge in [-0.3, -0.25) is 9.69 Å². The number of fused-ring (bicyclic) bond motifs is 2. The van der Waals surface area contributed by atoms with Crippen molar-refractivity contribution in [1.29, 1.82) is 0 Å². The van der Waals surface area contributed by atoms with Crippen molar-refractivity contribution in [2.45, 2.75) is 20.3 Å². The van der Waals surface area contributed by atoms with Gasteiger partial charge in [-0.1, -0.05) is 30.3 Å². The number of nitrogens with zero attached hydrogens (tertiary/aromatic N) is 1. The lowest BCUT2D eigenvalue weighted by molar-refractivity contribution is 0.0997. The van der Waals surface area contributed by atoms with Crippen molar-refractivity contribution in [2.75, 3.05) is 26.2 Å². The Labute approximate surface area is 176 Å². The van der Waals surface area contributed by atoms with Gasteiger partial charge in [0.2, 0.25) is 5.75 Å². The third kappa shape index (κ3) is 3.07. The Morgan fingerprint density at radius 1 is 0.867 bits per heavy atom. The molecule has 5 heteroatoms. The van der Waals surface area contributed by atoms with Crippen molar-refractivity contribution in [2.24, 2.45) is 0 Å². The lowest BCUT2D eigenvalue weighted by Crippen LogP contribution is -2.31. The average Bonchev–Trinajstić information content (AvgIpc) is 2.78. The molecule has 3 aromatic rings. The molecule has 0 aromatic heterocycles. The zero-order valence-electron chi connectivity index (χ0n) is 17.9. The molecule has 0 unspecified atom stereocenters. The monoisotopic (exact) mass is 403 g/mol. The van der Waals surface area contributed by atoms with E-state index in [-0.39, 0.29) is 5.91 Å². The first kappa shape index (κ1) is 19.8. The molecule has 0 spiro atoms. The molecule has 5 nitrogen and oxygen atoms in total. The van der Waals surface area contributed by atoms with Gasteiger partial charge in [0, 0.05) is 12.0 Å². The number of amides is 1. The Bertz CT molecular complexity index is 1110. The van der Waals surface area contributed by atoms with Crippen molar-refractivity contribution in [3.8, 4) is 17.2 Å². The smallest absolute Gasteiger partial charge is 0.263 e. The third-order valence-electron chi connectivity index (χ3n) is 5.66. The summed E-state index contributed by atoms with van der Waals surface area (Å²) in [6.45, 7) is 4.13. The molecule has 154 valence electrons. The molecule has 0 saturated heterocycles. The predicted octanol–water partition coefficient (Wildman–Crippen LogP) is 5.21. The molecular formula is C25H25NO4. The quantitative estimate of drug-likeness (QED) is 0.600. The van der Waals surface area contributed by atoms with Gasteiger partial charge in [0.1, 0.15) is 0 Å². The molecule has 0 aliphatic carbocycles. The van der Waals surface area contributed by atoms with Crippen LogP contribution in [0.4, 0.5) is 11.4 Å². The molecule has 3 aromatic carbocycles. The maximum absolute atomic E-state index is 13.9. The van der Waals surface area contributed by atoms with Gasteiger partial charge < -0.3 is 14.2 Å². The van der Waals surface area contributed by atoms with Crippen molar-refractivity contribution < 1.29 is 19.0 Å². The van der Waals surface area contributed by atoms with Crippen molar-refractivity contribution in [3.63, 3.8) is 0 Å². The minimum absolute atomic E-state index is 0.142. The predicted molar refractivity (Wildman–Crippen MR) is 118 cm³/mol. The van der Waals surface area contributed by atoms with Gasteiger partial charge in [-0.05, 0) is 54.3 Å². The topological polar surface area (TPSA) is 48.0 Å². The average molecular weight is 403 g/mol. The highest BCUT2D eigenvalue weighted by Crippen LogP contribution is 2.44. The molecule has 1 amide bonds. The maximum Gasteiger partial charge on any atom is 0.263 e. The standard InChI is InChI=1S/C25H25NO4/c1-15-10-11-16(2)23-19(15)12-17-8-6-7-9-20(17)26(23)25(27)18-13-21(28-3)24(30-5)22(14-18)29-4/h6-11,13-14H,12H2,1-5H3. The Hall–Kier alpha value is -3.47. The van der Waals surface area contributed by atoms with Crippen molar-refractivity contribution >= 4 is 17.3 Å². The first-order chi connectivity index (χ1) is 14.5. The molecule has 1 aliphatic heterocycles. The van der Waals surface area contributed by atoms with Crippen LogP contribution in [0, 0.1) is 13.8 Å². The minimum Gasteiger partial charge on any atom is -0.493 e. The van der Waals surface area contributed by atoms with Crippen LogP contribution in [0.3, 0.4) is 0 Å². The van der Waals surface area contributed by atoms with Gasteiger partial charge in [-0.25, -0.2) is 0 Å². The van der Waals surface area contributed by atoms with Crippen LogP contribution in [0.25, 0.3) is 0 Å². The van der Waals surface area contributed by atoms with Gasteiger partial charge >= 0.3 is 0 Å². The number of hydrogen-bond donors (Lipinski definition) is 0. The molecule has 0 saturated carbocycles. The lowest BCUT2D eigenvalue weighted by atomic mass is 9.89. The Balaban J connectivity index is 1.93. The molecule has 0 atom stereocenters. The first-order valence-corrected chi connectivity index (χ1v) is 9.81. The fraction of sp³-hybridized carbons (Fsp3) is 0.240. The fourth-order valence-electron chi connectivity index (χ4n) is 4.12. The Morgan fingerprint density at radius 2 is 1.50 bits per heavy atom. The summed E-state index contributed by atoms with van der Waals surface area (Å²) in [7, 11) is 4.64. The van der Waals surface area contributed by atoms with Gasteiger partial charge in [-0.15, -0.1) is 0 Å². The van der Waals surface area contributed by atoms with E-state index in [2.05, 4.69) is 25.1 Å². The molecule has 0 fully saturated rings. The van der Waals surface area contributed by atoms with Crippen LogP contribution in [-0.4, -0.2) is 27.2 Å². The van der Waals surface area contributed by atoms with E-state index in [1.807, 2.05) is 30.0 Å². The van der Waals surface area contributed by atoms with Crippen LogP contribution in [0.5, 0.6) is 17.2 Å². The van der Waals surface area contributed by atoms with E-state index in [4.69, 9.17) is 14.2 Å². The zero-order chi connectivity index (χ0) is 21.4. The number of carbonyl (C=O) groups excluding carboxylic acids is 1. The third-order valence-corrected chi connectivity index (χ3v) is 5.66. The number of benzene rings is 3. The van der Waals surface area contributed by atoms with Gasteiger partial charge in [-0.2, -0.15) is 0 Å². The summed E-state index contributed by atoms with van der Waals surface area (Å²) >= 11 is 0. The molecular weight excluding hydrogens is 378 g/mol. The summed E-state index contributed by atoms with van der Waals surface area (Å²) in [6, 6.07) is 15.6. The fourth-order valence-corrected chi connectivity index (χ4v) is 4.12. The zero-order valence-corrected chi connectivity index (χ0v) is 17.9. The number of hydrogen-bond acceptors (Lipinski definition) is 4. The van der Waals surface area contributed by atoms with Crippen molar-refractivity contribution in [1.82, 2.24) is 0 Å². The highest BCUT2D eigenvalue weighted by Gasteiger charge is 2.31. The second-order valence-electron chi connectivity index (χ2n) is 7.39. The van der Waals surface area contributed by atoms with E-state index in [9.17, 15) is 4.79 Å². The molecule has 0 N–H and O–H groups in total. The maximum atomic E-state index is 13.9. The summed E-state index contributed by atoms with van der Waals surface area (Å²) in [6.07, 6.45) is 0.804. The van der Waals surface area contributed by atoms with Crippen LogP contribution in [0.15, 0.2) is 48.5 Å². The SMILES string of the molecule is COc1cc(C(=O)N2c3ccccc3Cc3c(C)ccc(C)c32)cc(OC)c1OC. The van der Waals surface area contributed by atoms with E-state index in [1.165, 1.54) is 11.1 Å². The van der Waals surface area contributed by atoms with Crippen LogP contribution >= 0.6 is 0 Å². The number of rotatable bonds is 4. The van der Waals surface area contributed by atoms with Gasteiger partial charge in [0.05, 0.1) is 32.7 Å². The molecule has 0 radical (unpaired) electrons. The normalized spacial score (nSPS) is 12.1. The Kier molecular flexibility index (Phi) is 5.12. The second-order valence-corrected chi connectivity index (χ2v) is 7.39. The number of ether oxygens (including phenoxy) is 3. The van der Waals surface area contributed by atoms with E-state index >= 15 is 0 Å². The first-order valence-electron chi connectivity index (χ1n) is 9.81. The molecule has 1 aliphatic rings. The Morgan fingerprint density at radius 3 is 2.13 bits per heavy atom. The van der Waals surface area contributed by atoms with Crippen LogP contribution in [0.2, 0.25) is 0 Å². The van der Waals surface area contributed by atoms with Crippen LogP contribution < -0.4 is 19.1 Å². The lowest BCUT2D eigenvalue weighted by Gasteiger charge is -2.34. The summed E-state index contributed by atoms with van der Waals surface area (Å²) in [5.74, 6) is 1.22. The second kappa shape index (κ2) is 7.75. The number of methoxy groups -OCH3 is 3. The van der Waals surface area contributed by atoms with E-state index in [1.54, 1.807) is 33.5 Å². The minimum atomic E-state index is -0.142. The molecule has 30 heavy (non-hydrogen) atoms. The summed E-state index contributed by atoms with van der Waals surface area (Å²) in [5, 5.41) is 0. The number of anilines is 2. The number of para-hydroxylation sites is 1. The largest absolute Gasteiger partial charge is 0.493 e. The summed E-state index contributed by atoms with van der Waals surface area (Å²) in [5.41, 5.74) is 6.85. The van der Waals surface area contributed by atoms with E-state index in [0.717, 1.165) is 28.9 Å².